The van der Waals surface area contributed by atoms with E-state index in [1.807, 2.05) is 18.2 Å². The average Bonchev–Trinajstić information content (AvgIpc) is 2.26. The molecular formula is C11H14BrNO4S. The summed E-state index contributed by atoms with van der Waals surface area (Å²) in [5.41, 5.74) is 0.809. The van der Waals surface area contributed by atoms with Gasteiger partial charge in [0.05, 0.1) is 12.2 Å². The molecule has 0 spiro atoms. The van der Waals surface area contributed by atoms with Gasteiger partial charge in [0.15, 0.2) is 0 Å². The molecule has 1 aromatic rings. The SMILES string of the molecule is C[C@@H](NS(=O)(=O)CCC(=O)O)c1cccc(Br)c1. The standard InChI is InChI=1S/C11H14BrNO4S/c1-8(9-3-2-4-10(12)7-9)13-18(16,17)6-5-11(14)15/h2-4,7-8,13H,5-6H2,1H3,(H,14,15)/t8-/m1/s1. The fourth-order valence-corrected chi connectivity index (χ4v) is 3.05. The molecule has 5 nitrogen and oxygen atoms in total. The molecule has 0 aliphatic heterocycles. The summed E-state index contributed by atoms with van der Waals surface area (Å²) in [7, 11) is -3.58. The minimum Gasteiger partial charge on any atom is -0.481 e. The van der Waals surface area contributed by atoms with Gasteiger partial charge in [-0.1, -0.05) is 28.1 Å². The van der Waals surface area contributed by atoms with Gasteiger partial charge in [0, 0.05) is 10.5 Å². The first-order chi connectivity index (χ1) is 8.30. The largest absolute Gasteiger partial charge is 0.481 e. The van der Waals surface area contributed by atoms with E-state index in [0.717, 1.165) is 10.0 Å². The smallest absolute Gasteiger partial charge is 0.304 e. The van der Waals surface area contributed by atoms with Gasteiger partial charge in [-0.3, -0.25) is 4.79 Å². The second kappa shape index (κ2) is 6.31. The first kappa shape index (κ1) is 15.1. The van der Waals surface area contributed by atoms with Gasteiger partial charge in [0.25, 0.3) is 0 Å². The molecule has 0 saturated carbocycles. The molecular weight excluding hydrogens is 322 g/mol. The van der Waals surface area contributed by atoms with Gasteiger partial charge in [-0.25, -0.2) is 13.1 Å². The molecule has 0 unspecified atom stereocenters. The maximum absolute atomic E-state index is 11.6. The van der Waals surface area contributed by atoms with Crippen molar-refractivity contribution in [2.24, 2.45) is 0 Å². The Hall–Kier alpha value is -0.920. The quantitative estimate of drug-likeness (QED) is 0.831. The van der Waals surface area contributed by atoms with Crippen molar-refractivity contribution in [3.63, 3.8) is 0 Å². The van der Waals surface area contributed by atoms with Crippen LogP contribution < -0.4 is 4.72 Å². The van der Waals surface area contributed by atoms with E-state index >= 15 is 0 Å². The molecule has 0 fully saturated rings. The van der Waals surface area contributed by atoms with E-state index < -0.39 is 34.2 Å². The third-order valence-electron chi connectivity index (χ3n) is 2.29. The van der Waals surface area contributed by atoms with E-state index in [1.54, 1.807) is 13.0 Å². The van der Waals surface area contributed by atoms with Gasteiger partial charge in [-0.05, 0) is 24.6 Å². The van der Waals surface area contributed by atoms with Gasteiger partial charge in [0.2, 0.25) is 10.0 Å². The van der Waals surface area contributed by atoms with Crippen molar-refractivity contribution in [1.29, 1.82) is 0 Å². The Balaban J connectivity index is 2.69. The van der Waals surface area contributed by atoms with Gasteiger partial charge in [-0.15, -0.1) is 0 Å². The van der Waals surface area contributed by atoms with Crippen LogP contribution in [0.3, 0.4) is 0 Å². The lowest BCUT2D eigenvalue weighted by molar-refractivity contribution is -0.136. The topological polar surface area (TPSA) is 83.5 Å². The van der Waals surface area contributed by atoms with Crippen LogP contribution in [0, 0.1) is 0 Å². The number of aliphatic carboxylic acids is 1. The molecule has 2 N–H and O–H groups in total. The van der Waals surface area contributed by atoms with Crippen LogP contribution in [0.5, 0.6) is 0 Å². The average molecular weight is 336 g/mol. The zero-order chi connectivity index (χ0) is 13.8. The molecule has 1 aromatic carbocycles. The first-order valence-corrected chi connectivity index (χ1v) is 7.72. The highest BCUT2D eigenvalue weighted by molar-refractivity contribution is 9.10. The number of nitrogens with one attached hydrogen (secondary N) is 1. The van der Waals surface area contributed by atoms with Crippen LogP contribution in [0.4, 0.5) is 0 Å². The molecule has 100 valence electrons. The van der Waals surface area contributed by atoms with Gasteiger partial charge in [-0.2, -0.15) is 0 Å². The molecule has 18 heavy (non-hydrogen) atoms. The lowest BCUT2D eigenvalue weighted by atomic mass is 10.1. The van der Waals surface area contributed by atoms with Crippen molar-refractivity contribution < 1.29 is 18.3 Å². The highest BCUT2D eigenvalue weighted by Crippen LogP contribution is 2.18. The summed E-state index contributed by atoms with van der Waals surface area (Å²) in [6.45, 7) is 1.71. The number of hydrogen-bond donors (Lipinski definition) is 2. The molecule has 0 aliphatic rings. The zero-order valence-electron chi connectivity index (χ0n) is 9.76. The number of hydrogen-bond acceptors (Lipinski definition) is 3. The number of benzene rings is 1. The number of halogens is 1. The zero-order valence-corrected chi connectivity index (χ0v) is 12.2. The normalized spacial score (nSPS) is 13.2. The molecule has 7 heteroatoms. The number of sulfonamides is 1. The molecule has 1 atom stereocenters. The fraction of sp³-hybridized carbons (Fsp3) is 0.364. The highest BCUT2D eigenvalue weighted by atomic mass is 79.9. The molecule has 0 aliphatic carbocycles. The van der Waals surface area contributed by atoms with Crippen molar-refractivity contribution >= 4 is 31.9 Å². The van der Waals surface area contributed by atoms with Gasteiger partial charge >= 0.3 is 5.97 Å². The van der Waals surface area contributed by atoms with Crippen LogP contribution in [0.15, 0.2) is 28.7 Å². The van der Waals surface area contributed by atoms with Crippen molar-refractivity contribution in [2.75, 3.05) is 5.75 Å². The molecule has 0 heterocycles. The van der Waals surface area contributed by atoms with Crippen LogP contribution in [0.2, 0.25) is 0 Å². The summed E-state index contributed by atoms with van der Waals surface area (Å²) >= 11 is 3.30. The summed E-state index contributed by atoms with van der Waals surface area (Å²) in [6, 6.07) is 6.86. The van der Waals surface area contributed by atoms with E-state index in [2.05, 4.69) is 20.7 Å². The third-order valence-corrected chi connectivity index (χ3v) is 4.24. The number of carbonyl (C=O) groups is 1. The number of rotatable bonds is 6. The van der Waals surface area contributed by atoms with Crippen LogP contribution in [0.25, 0.3) is 0 Å². The van der Waals surface area contributed by atoms with Gasteiger partial charge < -0.3 is 5.11 Å². The summed E-state index contributed by atoms with van der Waals surface area (Å²) in [4.78, 5) is 10.3. The monoisotopic (exact) mass is 335 g/mol. The maximum Gasteiger partial charge on any atom is 0.304 e. The Bertz CT molecular complexity index is 530. The van der Waals surface area contributed by atoms with E-state index in [4.69, 9.17) is 5.11 Å². The molecule has 1 rings (SSSR count). The number of carboxylic acids is 1. The third kappa shape index (κ3) is 5.16. The Morgan fingerprint density at radius 1 is 1.50 bits per heavy atom. The Kier molecular flexibility index (Phi) is 5.30. The summed E-state index contributed by atoms with van der Waals surface area (Å²) in [5.74, 6) is -1.55. The summed E-state index contributed by atoms with van der Waals surface area (Å²) in [5, 5.41) is 8.47. The minimum absolute atomic E-state index is 0.402. The minimum atomic E-state index is -3.58. The summed E-state index contributed by atoms with van der Waals surface area (Å²) < 4.78 is 26.5. The molecule has 0 radical (unpaired) electrons. The van der Waals surface area contributed by atoms with Gasteiger partial charge in [0.1, 0.15) is 0 Å². The second-order valence-electron chi connectivity index (χ2n) is 3.86. The van der Waals surface area contributed by atoms with E-state index in [0.29, 0.717) is 0 Å². The van der Waals surface area contributed by atoms with Crippen molar-refractivity contribution in [3.05, 3.63) is 34.3 Å². The highest BCUT2D eigenvalue weighted by Gasteiger charge is 2.17. The predicted molar refractivity (Wildman–Crippen MR) is 71.7 cm³/mol. The lowest BCUT2D eigenvalue weighted by Gasteiger charge is -2.14. The van der Waals surface area contributed by atoms with Crippen LogP contribution in [0.1, 0.15) is 24.9 Å². The van der Waals surface area contributed by atoms with E-state index in [-0.39, 0.29) is 0 Å². The fourth-order valence-electron chi connectivity index (χ4n) is 1.39. The first-order valence-electron chi connectivity index (χ1n) is 5.27. The lowest BCUT2D eigenvalue weighted by Crippen LogP contribution is -2.30. The van der Waals surface area contributed by atoms with Crippen LogP contribution in [-0.2, 0) is 14.8 Å². The van der Waals surface area contributed by atoms with Crippen molar-refractivity contribution in [2.45, 2.75) is 19.4 Å². The van der Waals surface area contributed by atoms with E-state index in [1.165, 1.54) is 0 Å². The second-order valence-corrected chi connectivity index (χ2v) is 6.65. The number of carboxylic acid groups (broad SMARTS) is 1. The Morgan fingerprint density at radius 3 is 2.72 bits per heavy atom. The van der Waals surface area contributed by atoms with Crippen LogP contribution in [-0.4, -0.2) is 25.2 Å². The van der Waals surface area contributed by atoms with Crippen molar-refractivity contribution in [3.8, 4) is 0 Å². The van der Waals surface area contributed by atoms with Crippen molar-refractivity contribution in [1.82, 2.24) is 4.72 Å². The molecule has 0 saturated heterocycles. The molecule has 0 aromatic heterocycles. The summed E-state index contributed by atoms with van der Waals surface area (Å²) in [6.07, 6.45) is -0.402. The Labute approximate surface area is 114 Å². The van der Waals surface area contributed by atoms with Crippen LogP contribution >= 0.6 is 15.9 Å². The van der Waals surface area contributed by atoms with E-state index in [9.17, 15) is 13.2 Å². The molecule has 0 bridgehead atoms. The maximum atomic E-state index is 11.6. The Morgan fingerprint density at radius 2 is 2.17 bits per heavy atom. The predicted octanol–water partition coefficient (Wildman–Crippen LogP) is 1.90. The molecule has 0 amide bonds.